The number of nitriles is 1. The van der Waals surface area contributed by atoms with E-state index in [0.717, 1.165) is 17.0 Å². The van der Waals surface area contributed by atoms with E-state index in [0.29, 0.717) is 35.2 Å². The van der Waals surface area contributed by atoms with E-state index < -0.39 is 5.82 Å². The summed E-state index contributed by atoms with van der Waals surface area (Å²) >= 11 is 0. The molecular weight excluding hydrogens is 412 g/mol. The van der Waals surface area contributed by atoms with Crippen molar-refractivity contribution < 1.29 is 18.0 Å². The average molecular weight is 429 g/mol. The zero-order valence-corrected chi connectivity index (χ0v) is 16.9. The zero-order chi connectivity index (χ0) is 22.2. The average Bonchev–Trinajstić information content (AvgIpc) is 3.43. The molecule has 1 amide bonds. The molecule has 4 aromatic rings. The van der Waals surface area contributed by atoms with Gasteiger partial charge in [-0.05, 0) is 41.5 Å². The Labute approximate surface area is 182 Å². The van der Waals surface area contributed by atoms with Crippen molar-refractivity contribution in [3.8, 4) is 28.5 Å². The highest BCUT2D eigenvalue weighted by Crippen LogP contribution is 2.41. The van der Waals surface area contributed by atoms with E-state index in [1.54, 1.807) is 36.8 Å². The Morgan fingerprint density at radius 3 is 2.53 bits per heavy atom. The molecule has 158 valence electrons. The summed E-state index contributed by atoms with van der Waals surface area (Å²) in [6.07, 6.45) is 3.70. The highest BCUT2D eigenvalue weighted by molar-refractivity contribution is 6.07. The number of hydrogen-bond donors (Lipinski definition) is 1. The molecule has 0 radical (unpaired) electrons. The fraction of sp³-hybridized carbons (Fsp3) is 0.120. The number of rotatable bonds is 4. The first-order valence-corrected chi connectivity index (χ1v) is 10.1. The van der Waals surface area contributed by atoms with Gasteiger partial charge >= 0.3 is 0 Å². The fourth-order valence-corrected chi connectivity index (χ4v) is 4.29. The van der Waals surface area contributed by atoms with Crippen LogP contribution in [-0.4, -0.2) is 17.0 Å². The summed E-state index contributed by atoms with van der Waals surface area (Å²) in [5.74, 6) is -1.07. The van der Waals surface area contributed by atoms with Gasteiger partial charge in [-0.3, -0.25) is 4.79 Å². The topological polar surface area (TPSA) is 71.0 Å². The van der Waals surface area contributed by atoms with Crippen LogP contribution in [0.4, 0.5) is 8.78 Å². The number of fused-ring (bicyclic) bond motifs is 1. The molecule has 0 aliphatic carbocycles. The molecule has 2 aromatic carbocycles. The van der Waals surface area contributed by atoms with Gasteiger partial charge in [0.1, 0.15) is 11.6 Å². The summed E-state index contributed by atoms with van der Waals surface area (Å²) in [5, 5.41) is 12.4. The Morgan fingerprint density at radius 2 is 1.81 bits per heavy atom. The number of carbonyl (C=O) groups is 1. The molecule has 0 saturated carbocycles. The van der Waals surface area contributed by atoms with Crippen LogP contribution in [0.2, 0.25) is 0 Å². The Morgan fingerprint density at radius 1 is 1.03 bits per heavy atom. The van der Waals surface area contributed by atoms with Gasteiger partial charge in [0.25, 0.3) is 5.91 Å². The second kappa shape index (κ2) is 7.82. The highest BCUT2D eigenvalue weighted by atomic mass is 19.1. The van der Waals surface area contributed by atoms with Crippen molar-refractivity contribution in [1.29, 1.82) is 5.26 Å². The number of nitrogens with one attached hydrogen (secondary N) is 1. The van der Waals surface area contributed by atoms with E-state index in [9.17, 15) is 18.8 Å². The first-order chi connectivity index (χ1) is 15.6. The van der Waals surface area contributed by atoms with Crippen molar-refractivity contribution in [2.75, 3.05) is 6.54 Å². The third-order valence-corrected chi connectivity index (χ3v) is 5.69. The number of hydrogen-bond acceptors (Lipinski definition) is 3. The van der Waals surface area contributed by atoms with E-state index in [2.05, 4.69) is 11.4 Å². The minimum Gasteiger partial charge on any atom is -0.472 e. The molecule has 1 N–H and O–H groups in total. The second-order valence-electron chi connectivity index (χ2n) is 7.57. The minimum absolute atomic E-state index is 0.214. The SMILES string of the molecule is N#Cc1cc(F)ccc1Cn1c2c(c(-c3ccc(F)cc3)c1-c1ccoc1)C(=O)NCC2. The minimum atomic E-state index is -0.485. The molecule has 0 saturated heterocycles. The highest BCUT2D eigenvalue weighted by Gasteiger charge is 2.31. The van der Waals surface area contributed by atoms with Gasteiger partial charge in [0.2, 0.25) is 0 Å². The Hall–Kier alpha value is -4.18. The molecule has 0 bridgehead atoms. The molecule has 0 atom stereocenters. The van der Waals surface area contributed by atoms with Crippen LogP contribution in [-0.2, 0) is 13.0 Å². The Bertz CT molecular complexity index is 1360. The van der Waals surface area contributed by atoms with E-state index in [1.165, 1.54) is 24.3 Å². The van der Waals surface area contributed by atoms with E-state index in [4.69, 9.17) is 4.42 Å². The van der Waals surface area contributed by atoms with Crippen molar-refractivity contribution in [2.45, 2.75) is 13.0 Å². The lowest BCUT2D eigenvalue weighted by Gasteiger charge is -2.18. The quantitative estimate of drug-likeness (QED) is 0.502. The third kappa shape index (κ3) is 3.26. The van der Waals surface area contributed by atoms with E-state index in [1.807, 2.05) is 4.57 Å². The van der Waals surface area contributed by atoms with Crippen LogP contribution in [0, 0.1) is 23.0 Å². The summed E-state index contributed by atoms with van der Waals surface area (Å²) in [6, 6.07) is 13.9. The number of furan rings is 1. The molecule has 0 unspecified atom stereocenters. The van der Waals surface area contributed by atoms with E-state index in [-0.39, 0.29) is 23.8 Å². The molecule has 1 aliphatic rings. The molecule has 0 spiro atoms. The van der Waals surface area contributed by atoms with E-state index >= 15 is 0 Å². The lowest BCUT2D eigenvalue weighted by molar-refractivity contribution is 0.0946. The predicted molar refractivity (Wildman–Crippen MR) is 114 cm³/mol. The Balaban J connectivity index is 1.81. The van der Waals surface area contributed by atoms with Gasteiger partial charge in [0, 0.05) is 36.3 Å². The Kier molecular flexibility index (Phi) is 4.83. The lowest BCUT2D eigenvalue weighted by Crippen LogP contribution is -2.32. The van der Waals surface area contributed by atoms with Crippen LogP contribution >= 0.6 is 0 Å². The summed E-state index contributed by atoms with van der Waals surface area (Å²) in [5.41, 5.74) is 5.00. The van der Waals surface area contributed by atoms with Gasteiger partial charge < -0.3 is 14.3 Å². The van der Waals surface area contributed by atoms with Gasteiger partial charge in [0.05, 0.1) is 35.4 Å². The normalized spacial score (nSPS) is 12.8. The molecule has 0 fully saturated rings. The number of halogens is 2. The van der Waals surface area contributed by atoms with Crippen LogP contribution in [0.3, 0.4) is 0 Å². The smallest absolute Gasteiger partial charge is 0.253 e. The first kappa shape index (κ1) is 19.8. The van der Waals surface area contributed by atoms with Gasteiger partial charge in [-0.15, -0.1) is 0 Å². The van der Waals surface area contributed by atoms with Gasteiger partial charge in [-0.1, -0.05) is 18.2 Å². The molecule has 5 rings (SSSR count). The predicted octanol–water partition coefficient (Wildman–Crippen LogP) is 4.90. The molecule has 1 aliphatic heterocycles. The van der Waals surface area contributed by atoms with Crippen LogP contribution < -0.4 is 5.32 Å². The van der Waals surface area contributed by atoms with Crippen molar-refractivity contribution in [1.82, 2.24) is 9.88 Å². The first-order valence-electron chi connectivity index (χ1n) is 10.1. The number of carbonyl (C=O) groups excluding carboxylic acids is 1. The van der Waals surface area contributed by atoms with Crippen LogP contribution in [0.25, 0.3) is 22.4 Å². The fourth-order valence-electron chi connectivity index (χ4n) is 4.29. The third-order valence-electron chi connectivity index (χ3n) is 5.69. The molecule has 32 heavy (non-hydrogen) atoms. The van der Waals surface area contributed by atoms with Crippen LogP contribution in [0.15, 0.2) is 65.5 Å². The molecule has 3 heterocycles. The molecule has 2 aromatic heterocycles. The lowest BCUT2D eigenvalue weighted by atomic mass is 9.95. The van der Waals surface area contributed by atoms with Crippen LogP contribution in [0.5, 0.6) is 0 Å². The van der Waals surface area contributed by atoms with Crippen molar-refractivity contribution >= 4 is 5.91 Å². The maximum atomic E-state index is 13.7. The van der Waals surface area contributed by atoms with Crippen molar-refractivity contribution in [3.63, 3.8) is 0 Å². The zero-order valence-electron chi connectivity index (χ0n) is 16.9. The summed E-state index contributed by atoms with van der Waals surface area (Å²) in [7, 11) is 0. The number of benzene rings is 2. The molecular formula is C25H17F2N3O2. The molecule has 7 heteroatoms. The summed E-state index contributed by atoms with van der Waals surface area (Å²) < 4.78 is 34.6. The molecule has 5 nitrogen and oxygen atoms in total. The number of aromatic nitrogens is 1. The van der Waals surface area contributed by atoms with Gasteiger partial charge in [-0.2, -0.15) is 5.26 Å². The number of amides is 1. The van der Waals surface area contributed by atoms with Gasteiger partial charge in [0.15, 0.2) is 0 Å². The standard InChI is InChI=1S/C25H17F2N3O2/c26-19-4-1-15(2-5-19)22-23-21(7-9-29-25(23)31)30(24(22)17-8-10-32-14-17)13-16-3-6-20(27)11-18(16)12-28/h1-6,8,10-11,14H,7,9,13H2,(H,29,31). The van der Waals surface area contributed by atoms with Crippen molar-refractivity contribution in [3.05, 3.63) is 95.1 Å². The number of nitrogens with zero attached hydrogens (tertiary/aromatic N) is 2. The maximum absolute atomic E-state index is 13.7. The second-order valence-corrected chi connectivity index (χ2v) is 7.57. The summed E-state index contributed by atoms with van der Waals surface area (Å²) in [4.78, 5) is 13.0. The van der Waals surface area contributed by atoms with Gasteiger partial charge in [-0.25, -0.2) is 8.78 Å². The van der Waals surface area contributed by atoms with Crippen molar-refractivity contribution in [2.24, 2.45) is 0 Å². The van der Waals surface area contributed by atoms with Crippen LogP contribution in [0.1, 0.15) is 27.2 Å². The maximum Gasteiger partial charge on any atom is 0.253 e. The largest absolute Gasteiger partial charge is 0.472 e. The summed E-state index contributed by atoms with van der Waals surface area (Å²) in [6.45, 7) is 0.735. The monoisotopic (exact) mass is 429 g/mol.